The van der Waals surface area contributed by atoms with Crippen LogP contribution in [0.25, 0.3) is 12.2 Å². The van der Waals surface area contributed by atoms with Crippen molar-refractivity contribution in [2.24, 2.45) is 0 Å². The van der Waals surface area contributed by atoms with Gasteiger partial charge in [-0.1, -0.05) is 78.9 Å². The van der Waals surface area contributed by atoms with Crippen molar-refractivity contribution in [1.29, 1.82) is 0 Å². The summed E-state index contributed by atoms with van der Waals surface area (Å²) in [7, 11) is 0. The van der Waals surface area contributed by atoms with E-state index in [0.717, 1.165) is 33.8 Å². The Labute approximate surface area is 177 Å². The van der Waals surface area contributed by atoms with E-state index in [1.807, 2.05) is 66.7 Å². The van der Waals surface area contributed by atoms with Crippen LogP contribution >= 0.6 is 0 Å². The van der Waals surface area contributed by atoms with E-state index in [2.05, 4.69) is 41.4 Å². The number of benzene rings is 3. The number of hydrogen-bond donors (Lipinski definition) is 0. The topological polar surface area (TPSA) is 31.4 Å². The van der Waals surface area contributed by atoms with Crippen LogP contribution < -0.4 is 9.47 Å². The van der Waals surface area contributed by atoms with Gasteiger partial charge in [-0.2, -0.15) is 0 Å². The lowest BCUT2D eigenvalue weighted by atomic mass is 10.1. The molecular formula is C27H23NO2. The number of pyridine rings is 1. The SMILES string of the molecule is C(=C\c1ccc(OCc2ccccc2)c(OCc2ccccc2)c1)/c1ccncc1. The van der Waals surface area contributed by atoms with Gasteiger partial charge in [0.05, 0.1) is 0 Å². The predicted octanol–water partition coefficient (Wildman–Crippen LogP) is 6.41. The predicted molar refractivity (Wildman–Crippen MR) is 121 cm³/mol. The summed E-state index contributed by atoms with van der Waals surface area (Å²) in [6.45, 7) is 0.981. The Morgan fingerprint density at radius 2 is 1.13 bits per heavy atom. The fraction of sp³-hybridized carbons (Fsp3) is 0.0741. The van der Waals surface area contributed by atoms with Crippen molar-refractivity contribution in [2.75, 3.05) is 0 Å². The molecule has 3 heteroatoms. The molecule has 0 spiro atoms. The molecule has 0 radical (unpaired) electrons. The molecule has 0 saturated heterocycles. The fourth-order valence-electron chi connectivity index (χ4n) is 3.00. The van der Waals surface area contributed by atoms with Crippen molar-refractivity contribution in [1.82, 2.24) is 4.98 Å². The molecule has 0 aliphatic rings. The quantitative estimate of drug-likeness (QED) is 0.347. The molecule has 0 amide bonds. The van der Waals surface area contributed by atoms with Crippen LogP contribution in [0.5, 0.6) is 11.5 Å². The highest BCUT2D eigenvalue weighted by atomic mass is 16.5. The number of aromatic nitrogens is 1. The maximum Gasteiger partial charge on any atom is 0.162 e. The third-order valence-corrected chi connectivity index (χ3v) is 4.62. The van der Waals surface area contributed by atoms with Gasteiger partial charge in [0.25, 0.3) is 0 Å². The zero-order valence-corrected chi connectivity index (χ0v) is 16.6. The Morgan fingerprint density at radius 1 is 0.567 bits per heavy atom. The lowest BCUT2D eigenvalue weighted by molar-refractivity contribution is 0.256. The summed E-state index contributed by atoms with van der Waals surface area (Å²) in [4.78, 5) is 4.05. The van der Waals surface area contributed by atoms with Crippen LogP contribution in [0.1, 0.15) is 22.3 Å². The van der Waals surface area contributed by atoms with Crippen LogP contribution in [0.3, 0.4) is 0 Å². The third-order valence-electron chi connectivity index (χ3n) is 4.62. The first-order chi connectivity index (χ1) is 14.9. The summed E-state index contributed by atoms with van der Waals surface area (Å²) in [6.07, 6.45) is 7.69. The number of ether oxygens (including phenoxy) is 2. The lowest BCUT2D eigenvalue weighted by Crippen LogP contribution is -2.00. The van der Waals surface area contributed by atoms with E-state index in [-0.39, 0.29) is 0 Å². The molecule has 4 rings (SSSR count). The molecule has 0 fully saturated rings. The van der Waals surface area contributed by atoms with Crippen molar-refractivity contribution < 1.29 is 9.47 Å². The van der Waals surface area contributed by atoms with Gasteiger partial charge in [0, 0.05) is 12.4 Å². The molecule has 0 unspecified atom stereocenters. The normalized spacial score (nSPS) is 10.8. The second kappa shape index (κ2) is 10.1. The van der Waals surface area contributed by atoms with Gasteiger partial charge in [-0.25, -0.2) is 0 Å². The third kappa shape index (κ3) is 5.58. The Kier molecular flexibility index (Phi) is 6.54. The number of hydrogen-bond acceptors (Lipinski definition) is 3. The standard InChI is InChI=1S/C27H23NO2/c1-3-7-24(8-4-1)20-29-26-14-13-23(12-11-22-15-17-28-18-16-22)19-27(26)30-21-25-9-5-2-6-10-25/h1-19H,20-21H2/b12-11+. The van der Waals surface area contributed by atoms with E-state index in [4.69, 9.17) is 9.47 Å². The van der Waals surface area contributed by atoms with Crippen molar-refractivity contribution in [3.8, 4) is 11.5 Å². The van der Waals surface area contributed by atoms with Crippen molar-refractivity contribution in [3.05, 3.63) is 126 Å². The average Bonchev–Trinajstić information content (AvgIpc) is 2.82. The molecule has 0 bridgehead atoms. The minimum absolute atomic E-state index is 0.486. The van der Waals surface area contributed by atoms with E-state index in [9.17, 15) is 0 Å². The van der Waals surface area contributed by atoms with Crippen LogP contribution in [0.4, 0.5) is 0 Å². The smallest absolute Gasteiger partial charge is 0.162 e. The Bertz CT molecular complexity index is 1080. The molecule has 0 N–H and O–H groups in total. The second-order valence-electron chi connectivity index (χ2n) is 6.87. The van der Waals surface area contributed by atoms with E-state index >= 15 is 0 Å². The summed E-state index contributed by atoms with van der Waals surface area (Å²) in [6, 6.07) is 30.2. The monoisotopic (exact) mass is 393 g/mol. The van der Waals surface area contributed by atoms with Crippen LogP contribution in [-0.4, -0.2) is 4.98 Å². The molecule has 1 heterocycles. The molecular weight excluding hydrogens is 370 g/mol. The minimum atomic E-state index is 0.486. The van der Waals surface area contributed by atoms with Gasteiger partial charge in [-0.15, -0.1) is 0 Å². The Hall–Kier alpha value is -3.85. The van der Waals surface area contributed by atoms with Gasteiger partial charge in [0.15, 0.2) is 11.5 Å². The summed E-state index contributed by atoms with van der Waals surface area (Å²) in [5.74, 6) is 1.46. The lowest BCUT2D eigenvalue weighted by Gasteiger charge is -2.14. The maximum absolute atomic E-state index is 6.14. The van der Waals surface area contributed by atoms with Crippen LogP contribution in [0, 0.1) is 0 Å². The van der Waals surface area contributed by atoms with Gasteiger partial charge in [-0.05, 0) is 46.5 Å². The van der Waals surface area contributed by atoms with Crippen LogP contribution in [0.15, 0.2) is 103 Å². The van der Waals surface area contributed by atoms with Crippen LogP contribution in [-0.2, 0) is 13.2 Å². The molecule has 0 atom stereocenters. The first kappa shape index (κ1) is 19.5. The number of rotatable bonds is 8. The zero-order chi connectivity index (χ0) is 20.4. The first-order valence-corrected chi connectivity index (χ1v) is 9.92. The first-order valence-electron chi connectivity index (χ1n) is 9.92. The van der Waals surface area contributed by atoms with Gasteiger partial charge < -0.3 is 9.47 Å². The summed E-state index contributed by atoms with van der Waals surface area (Å²) >= 11 is 0. The molecule has 0 aliphatic heterocycles. The molecule has 1 aromatic heterocycles. The van der Waals surface area contributed by atoms with E-state index in [0.29, 0.717) is 13.2 Å². The summed E-state index contributed by atoms with van der Waals surface area (Å²) in [5, 5.41) is 0. The zero-order valence-electron chi connectivity index (χ0n) is 16.6. The maximum atomic E-state index is 6.14. The van der Waals surface area contributed by atoms with Gasteiger partial charge in [0.2, 0.25) is 0 Å². The second-order valence-corrected chi connectivity index (χ2v) is 6.87. The Morgan fingerprint density at radius 3 is 1.77 bits per heavy atom. The summed E-state index contributed by atoms with van der Waals surface area (Å²) in [5.41, 5.74) is 4.38. The van der Waals surface area contributed by atoms with Gasteiger partial charge in [0.1, 0.15) is 13.2 Å². The molecule has 0 aliphatic carbocycles. The van der Waals surface area contributed by atoms with Crippen molar-refractivity contribution >= 4 is 12.2 Å². The highest BCUT2D eigenvalue weighted by Gasteiger charge is 2.07. The minimum Gasteiger partial charge on any atom is -0.485 e. The Balaban J connectivity index is 1.53. The van der Waals surface area contributed by atoms with Gasteiger partial charge in [-0.3, -0.25) is 4.98 Å². The molecule has 3 nitrogen and oxygen atoms in total. The van der Waals surface area contributed by atoms with Gasteiger partial charge >= 0.3 is 0 Å². The van der Waals surface area contributed by atoms with Crippen LogP contribution in [0.2, 0.25) is 0 Å². The molecule has 30 heavy (non-hydrogen) atoms. The van der Waals surface area contributed by atoms with E-state index in [1.165, 1.54) is 0 Å². The van der Waals surface area contributed by atoms with Crippen molar-refractivity contribution in [2.45, 2.75) is 13.2 Å². The fourth-order valence-corrected chi connectivity index (χ4v) is 3.00. The van der Waals surface area contributed by atoms with Crippen molar-refractivity contribution in [3.63, 3.8) is 0 Å². The highest BCUT2D eigenvalue weighted by molar-refractivity contribution is 5.70. The van der Waals surface area contributed by atoms with E-state index < -0.39 is 0 Å². The molecule has 0 saturated carbocycles. The molecule has 3 aromatic carbocycles. The average molecular weight is 393 g/mol. The highest BCUT2D eigenvalue weighted by Crippen LogP contribution is 2.31. The summed E-state index contributed by atoms with van der Waals surface area (Å²) < 4.78 is 12.2. The van der Waals surface area contributed by atoms with E-state index in [1.54, 1.807) is 12.4 Å². The number of nitrogens with zero attached hydrogens (tertiary/aromatic N) is 1. The molecule has 4 aromatic rings. The molecule has 148 valence electrons. The largest absolute Gasteiger partial charge is 0.485 e.